The van der Waals surface area contributed by atoms with E-state index in [1.54, 1.807) is 7.11 Å². The molecule has 1 aromatic heterocycles. The summed E-state index contributed by atoms with van der Waals surface area (Å²) < 4.78 is 5.37. The maximum atomic E-state index is 5.37. The number of nitrogens with zero attached hydrogens (tertiary/aromatic N) is 1. The highest BCUT2D eigenvalue weighted by atomic mass is 16.5. The van der Waals surface area contributed by atoms with Gasteiger partial charge in [0.05, 0.1) is 11.8 Å². The van der Waals surface area contributed by atoms with Crippen molar-refractivity contribution >= 4 is 0 Å². The maximum Gasteiger partial charge on any atom is 0.0634 e. The van der Waals surface area contributed by atoms with Crippen LogP contribution in [-0.2, 0) is 11.2 Å². The Labute approximate surface area is 104 Å². The molecule has 0 amide bonds. The number of aromatic amines is 1. The van der Waals surface area contributed by atoms with Gasteiger partial charge in [0.2, 0.25) is 0 Å². The zero-order chi connectivity index (χ0) is 12.7. The third-order valence-electron chi connectivity index (χ3n) is 3.19. The second kappa shape index (κ2) is 6.77. The summed E-state index contributed by atoms with van der Waals surface area (Å²) in [6, 6.07) is 0. The van der Waals surface area contributed by atoms with Gasteiger partial charge < -0.3 is 10.1 Å². The highest BCUT2D eigenvalue weighted by Gasteiger charge is 2.14. The van der Waals surface area contributed by atoms with Crippen LogP contribution >= 0.6 is 0 Å². The molecule has 0 spiro atoms. The van der Waals surface area contributed by atoms with Gasteiger partial charge in [-0.3, -0.25) is 5.10 Å². The van der Waals surface area contributed by atoms with Crippen molar-refractivity contribution in [1.82, 2.24) is 15.5 Å². The van der Waals surface area contributed by atoms with Gasteiger partial charge in [-0.2, -0.15) is 5.10 Å². The second-order valence-electron chi connectivity index (χ2n) is 5.09. The van der Waals surface area contributed by atoms with Crippen molar-refractivity contribution < 1.29 is 4.74 Å². The Balaban J connectivity index is 2.04. The van der Waals surface area contributed by atoms with Gasteiger partial charge in [-0.15, -0.1) is 0 Å². The molecule has 2 N–H and O–H groups in total. The van der Waals surface area contributed by atoms with Crippen molar-refractivity contribution in [3.8, 4) is 0 Å². The molecule has 0 saturated carbocycles. The van der Waals surface area contributed by atoms with Crippen molar-refractivity contribution in [2.24, 2.45) is 0 Å². The molecular weight excluding hydrogens is 214 g/mol. The van der Waals surface area contributed by atoms with Crippen LogP contribution < -0.4 is 5.32 Å². The van der Waals surface area contributed by atoms with E-state index in [0.29, 0.717) is 0 Å². The van der Waals surface area contributed by atoms with Crippen molar-refractivity contribution in [1.29, 1.82) is 0 Å². The Kier molecular flexibility index (Phi) is 5.65. The third-order valence-corrected chi connectivity index (χ3v) is 3.19. The lowest BCUT2D eigenvalue weighted by atomic mass is 10.1. The van der Waals surface area contributed by atoms with E-state index in [0.717, 1.165) is 32.4 Å². The van der Waals surface area contributed by atoms with Gasteiger partial charge in [0.15, 0.2) is 0 Å². The minimum atomic E-state index is -0.0197. The first-order chi connectivity index (χ1) is 8.05. The van der Waals surface area contributed by atoms with E-state index in [9.17, 15) is 0 Å². The lowest BCUT2D eigenvalue weighted by Gasteiger charge is -2.22. The first-order valence-corrected chi connectivity index (χ1v) is 6.30. The van der Waals surface area contributed by atoms with Gasteiger partial charge in [-0.05, 0) is 58.7 Å². The SMILES string of the molecule is COC(C)(C)CCNCCCc1cn[nH]c1C. The fourth-order valence-corrected chi connectivity index (χ4v) is 1.65. The molecule has 1 rings (SSSR count). The highest BCUT2D eigenvalue weighted by molar-refractivity contribution is 5.14. The summed E-state index contributed by atoms with van der Waals surface area (Å²) in [4.78, 5) is 0. The maximum absolute atomic E-state index is 5.37. The molecule has 0 saturated heterocycles. The van der Waals surface area contributed by atoms with E-state index >= 15 is 0 Å². The number of hydrogen-bond acceptors (Lipinski definition) is 3. The molecule has 0 aliphatic carbocycles. The highest BCUT2D eigenvalue weighted by Crippen LogP contribution is 2.11. The smallest absolute Gasteiger partial charge is 0.0634 e. The predicted molar refractivity (Wildman–Crippen MR) is 70.2 cm³/mol. The standard InChI is InChI=1S/C13H25N3O/c1-11-12(10-15-16-11)6-5-8-14-9-7-13(2,3)17-4/h10,14H,5-9H2,1-4H3,(H,15,16). The van der Waals surface area contributed by atoms with E-state index in [1.807, 2.05) is 6.20 Å². The first kappa shape index (κ1) is 14.2. The molecule has 1 aromatic rings. The molecular formula is C13H25N3O. The molecule has 4 nitrogen and oxygen atoms in total. The number of ether oxygens (including phenoxy) is 1. The molecule has 1 heterocycles. The summed E-state index contributed by atoms with van der Waals surface area (Å²) in [5.41, 5.74) is 2.49. The molecule has 4 heteroatoms. The summed E-state index contributed by atoms with van der Waals surface area (Å²) in [7, 11) is 1.77. The number of methoxy groups -OCH3 is 1. The van der Waals surface area contributed by atoms with Gasteiger partial charge >= 0.3 is 0 Å². The Bertz CT molecular complexity index is 320. The number of aryl methyl sites for hydroxylation is 2. The zero-order valence-corrected chi connectivity index (χ0v) is 11.5. The number of H-pyrrole nitrogens is 1. The summed E-state index contributed by atoms with van der Waals surface area (Å²) in [5, 5.41) is 10.4. The van der Waals surface area contributed by atoms with Gasteiger partial charge in [0.25, 0.3) is 0 Å². The van der Waals surface area contributed by atoms with Gasteiger partial charge in [0, 0.05) is 12.8 Å². The lowest BCUT2D eigenvalue weighted by Crippen LogP contribution is -2.29. The van der Waals surface area contributed by atoms with Crippen LogP contribution in [0.25, 0.3) is 0 Å². The molecule has 0 aliphatic rings. The van der Waals surface area contributed by atoms with Gasteiger partial charge in [-0.25, -0.2) is 0 Å². The molecule has 98 valence electrons. The van der Waals surface area contributed by atoms with Crippen LogP contribution in [0.2, 0.25) is 0 Å². The van der Waals surface area contributed by atoms with Crippen LogP contribution in [0.4, 0.5) is 0 Å². The largest absolute Gasteiger partial charge is 0.379 e. The fourth-order valence-electron chi connectivity index (χ4n) is 1.65. The van der Waals surface area contributed by atoms with Crippen molar-refractivity contribution in [3.63, 3.8) is 0 Å². The summed E-state index contributed by atoms with van der Waals surface area (Å²) in [5.74, 6) is 0. The summed E-state index contributed by atoms with van der Waals surface area (Å²) in [6.07, 6.45) is 5.19. The molecule has 0 radical (unpaired) electrons. The summed E-state index contributed by atoms with van der Waals surface area (Å²) >= 11 is 0. The van der Waals surface area contributed by atoms with Crippen molar-refractivity contribution in [2.45, 2.75) is 45.6 Å². The molecule has 0 aromatic carbocycles. The molecule has 0 atom stereocenters. The Morgan fingerprint density at radius 1 is 1.41 bits per heavy atom. The molecule has 17 heavy (non-hydrogen) atoms. The van der Waals surface area contributed by atoms with Crippen LogP contribution in [0, 0.1) is 6.92 Å². The average molecular weight is 239 g/mol. The van der Waals surface area contributed by atoms with Crippen LogP contribution in [0.15, 0.2) is 6.20 Å². The van der Waals surface area contributed by atoms with Gasteiger partial charge in [0.1, 0.15) is 0 Å². The Morgan fingerprint density at radius 3 is 2.76 bits per heavy atom. The van der Waals surface area contributed by atoms with E-state index in [2.05, 4.69) is 36.3 Å². The van der Waals surface area contributed by atoms with Crippen molar-refractivity contribution in [2.75, 3.05) is 20.2 Å². The number of hydrogen-bond donors (Lipinski definition) is 2. The van der Waals surface area contributed by atoms with Crippen molar-refractivity contribution in [3.05, 3.63) is 17.5 Å². The average Bonchev–Trinajstić information content (AvgIpc) is 2.69. The third kappa shape index (κ3) is 5.33. The minimum absolute atomic E-state index is 0.0197. The molecule has 0 fully saturated rings. The minimum Gasteiger partial charge on any atom is -0.379 e. The quantitative estimate of drug-likeness (QED) is 0.683. The number of rotatable bonds is 8. The van der Waals surface area contributed by atoms with Crippen LogP contribution in [-0.4, -0.2) is 36.0 Å². The zero-order valence-electron chi connectivity index (χ0n) is 11.5. The van der Waals surface area contributed by atoms with Crippen LogP contribution in [0.5, 0.6) is 0 Å². The van der Waals surface area contributed by atoms with E-state index < -0.39 is 0 Å². The Morgan fingerprint density at radius 2 is 2.18 bits per heavy atom. The monoisotopic (exact) mass is 239 g/mol. The van der Waals surface area contributed by atoms with Gasteiger partial charge in [-0.1, -0.05) is 0 Å². The summed E-state index contributed by atoms with van der Waals surface area (Å²) in [6.45, 7) is 8.35. The fraction of sp³-hybridized carbons (Fsp3) is 0.769. The Hall–Kier alpha value is -0.870. The lowest BCUT2D eigenvalue weighted by molar-refractivity contribution is 0.0159. The topological polar surface area (TPSA) is 49.9 Å². The molecule has 0 aliphatic heterocycles. The van der Waals surface area contributed by atoms with Crippen LogP contribution in [0.1, 0.15) is 37.9 Å². The normalized spacial score (nSPS) is 12.0. The molecule has 0 unspecified atom stereocenters. The molecule has 0 bridgehead atoms. The second-order valence-corrected chi connectivity index (χ2v) is 5.09. The van der Waals surface area contributed by atoms with E-state index in [1.165, 1.54) is 11.3 Å². The van der Waals surface area contributed by atoms with E-state index in [4.69, 9.17) is 4.74 Å². The van der Waals surface area contributed by atoms with Crippen LogP contribution in [0.3, 0.4) is 0 Å². The van der Waals surface area contributed by atoms with E-state index in [-0.39, 0.29) is 5.60 Å². The number of nitrogens with one attached hydrogen (secondary N) is 2. The first-order valence-electron chi connectivity index (χ1n) is 6.30. The number of aromatic nitrogens is 2. The predicted octanol–water partition coefficient (Wildman–Crippen LogP) is 2.06.